The molecule has 1 aliphatic heterocycles. The fourth-order valence-corrected chi connectivity index (χ4v) is 4.31. The van der Waals surface area contributed by atoms with Gasteiger partial charge >= 0.3 is 0 Å². The SMILES string of the molecule is CN1CCN(c2ccccc2CNC(=O)c2ccc(CSc3nccn3C)o2)CC1. The topological polar surface area (TPSA) is 66.5 Å². The monoisotopic (exact) mass is 425 g/mol. The maximum absolute atomic E-state index is 12.6. The van der Waals surface area contributed by atoms with Crippen LogP contribution in [0.1, 0.15) is 21.9 Å². The highest BCUT2D eigenvalue weighted by Gasteiger charge is 2.18. The number of likely N-dealkylation sites (N-methyl/N-ethyl adjacent to an activating group) is 1. The Morgan fingerprint density at radius 2 is 1.93 bits per heavy atom. The molecule has 158 valence electrons. The first kappa shape index (κ1) is 20.6. The Morgan fingerprint density at radius 1 is 1.13 bits per heavy atom. The van der Waals surface area contributed by atoms with Crippen molar-refractivity contribution in [3.63, 3.8) is 0 Å². The van der Waals surface area contributed by atoms with E-state index in [1.807, 2.05) is 29.9 Å². The third-order valence-corrected chi connectivity index (χ3v) is 6.36. The summed E-state index contributed by atoms with van der Waals surface area (Å²) in [4.78, 5) is 21.6. The van der Waals surface area contributed by atoms with E-state index in [1.165, 1.54) is 5.69 Å². The highest BCUT2D eigenvalue weighted by atomic mass is 32.2. The number of thioether (sulfide) groups is 1. The summed E-state index contributed by atoms with van der Waals surface area (Å²) in [6, 6.07) is 11.9. The van der Waals surface area contributed by atoms with E-state index in [0.717, 1.165) is 42.7 Å². The van der Waals surface area contributed by atoms with E-state index in [1.54, 1.807) is 24.0 Å². The van der Waals surface area contributed by atoms with Crippen molar-refractivity contribution in [1.82, 2.24) is 19.8 Å². The molecular weight excluding hydrogens is 398 g/mol. The second-order valence-corrected chi connectivity index (χ2v) is 8.42. The molecule has 1 aromatic carbocycles. The average molecular weight is 426 g/mol. The van der Waals surface area contributed by atoms with Gasteiger partial charge in [0.15, 0.2) is 10.9 Å². The summed E-state index contributed by atoms with van der Waals surface area (Å²) >= 11 is 1.58. The largest absolute Gasteiger partial charge is 0.455 e. The zero-order valence-electron chi connectivity index (χ0n) is 17.4. The van der Waals surface area contributed by atoms with Gasteiger partial charge in [-0.15, -0.1) is 0 Å². The maximum atomic E-state index is 12.6. The molecule has 1 amide bonds. The zero-order chi connectivity index (χ0) is 20.9. The molecule has 0 radical (unpaired) electrons. The van der Waals surface area contributed by atoms with Crippen LogP contribution >= 0.6 is 11.8 Å². The number of para-hydroxylation sites is 1. The van der Waals surface area contributed by atoms with Crippen LogP contribution in [0.5, 0.6) is 0 Å². The second kappa shape index (κ2) is 9.40. The molecule has 3 aromatic rings. The Morgan fingerprint density at radius 3 is 2.70 bits per heavy atom. The van der Waals surface area contributed by atoms with E-state index in [9.17, 15) is 4.79 Å². The van der Waals surface area contributed by atoms with Gasteiger partial charge in [0.1, 0.15) is 5.76 Å². The van der Waals surface area contributed by atoms with Gasteiger partial charge in [0.05, 0.1) is 5.75 Å². The molecule has 2 aromatic heterocycles. The Hall–Kier alpha value is -2.71. The summed E-state index contributed by atoms with van der Waals surface area (Å²) in [5, 5.41) is 3.92. The van der Waals surface area contributed by atoms with Crippen molar-refractivity contribution < 1.29 is 9.21 Å². The lowest BCUT2D eigenvalue weighted by atomic mass is 10.1. The van der Waals surface area contributed by atoms with Gasteiger partial charge in [-0.05, 0) is 30.8 Å². The molecule has 1 N–H and O–H groups in total. The summed E-state index contributed by atoms with van der Waals surface area (Å²) < 4.78 is 7.70. The predicted octanol–water partition coefficient (Wildman–Crippen LogP) is 2.99. The molecule has 0 saturated carbocycles. The van der Waals surface area contributed by atoms with Gasteiger partial charge in [0.2, 0.25) is 0 Å². The number of nitrogens with zero attached hydrogens (tertiary/aromatic N) is 4. The van der Waals surface area contributed by atoms with E-state index in [2.05, 4.69) is 45.3 Å². The van der Waals surface area contributed by atoms with Crippen LogP contribution < -0.4 is 10.2 Å². The van der Waals surface area contributed by atoms with Crippen molar-refractivity contribution in [2.24, 2.45) is 7.05 Å². The van der Waals surface area contributed by atoms with E-state index < -0.39 is 0 Å². The summed E-state index contributed by atoms with van der Waals surface area (Å²) in [7, 11) is 4.10. The van der Waals surface area contributed by atoms with Crippen molar-refractivity contribution in [2.75, 3.05) is 38.1 Å². The molecule has 0 aliphatic carbocycles. The standard InChI is InChI=1S/C22H27N5O2S/c1-25-11-13-27(14-12-25)19-6-4-3-5-17(19)15-24-21(28)20-8-7-18(29-20)16-30-22-23-9-10-26(22)2/h3-10H,11-16H2,1-2H3,(H,24,28). The number of hydrogen-bond donors (Lipinski definition) is 1. The molecule has 3 heterocycles. The zero-order valence-corrected chi connectivity index (χ0v) is 18.2. The van der Waals surface area contributed by atoms with Gasteiger partial charge in [0, 0.05) is 57.9 Å². The van der Waals surface area contributed by atoms with Gasteiger partial charge in [0.25, 0.3) is 5.91 Å². The van der Waals surface area contributed by atoms with Crippen LogP contribution in [0.25, 0.3) is 0 Å². The number of imidazole rings is 1. The normalized spacial score (nSPS) is 14.8. The van der Waals surface area contributed by atoms with Crippen molar-refractivity contribution in [3.8, 4) is 0 Å². The highest BCUT2D eigenvalue weighted by molar-refractivity contribution is 7.98. The number of benzene rings is 1. The molecule has 0 unspecified atom stereocenters. The number of hydrogen-bond acceptors (Lipinski definition) is 6. The number of rotatable bonds is 7. The molecule has 0 bridgehead atoms. The number of piperazine rings is 1. The predicted molar refractivity (Wildman–Crippen MR) is 119 cm³/mol. The molecule has 1 aliphatic rings. The van der Waals surface area contributed by atoms with Crippen LogP contribution in [-0.4, -0.2) is 53.6 Å². The van der Waals surface area contributed by atoms with Gasteiger partial charge in [-0.25, -0.2) is 4.98 Å². The lowest BCUT2D eigenvalue weighted by Crippen LogP contribution is -2.45. The molecule has 8 heteroatoms. The van der Waals surface area contributed by atoms with Gasteiger partial charge in [-0.2, -0.15) is 0 Å². The number of nitrogens with one attached hydrogen (secondary N) is 1. The molecular formula is C22H27N5O2S. The minimum Gasteiger partial charge on any atom is -0.455 e. The Bertz CT molecular complexity index is 991. The lowest BCUT2D eigenvalue weighted by molar-refractivity contribution is 0.0922. The van der Waals surface area contributed by atoms with E-state index in [4.69, 9.17) is 4.42 Å². The first-order valence-electron chi connectivity index (χ1n) is 10.1. The molecule has 4 rings (SSSR count). The number of furan rings is 1. The molecule has 1 fully saturated rings. The second-order valence-electron chi connectivity index (χ2n) is 7.48. The van der Waals surface area contributed by atoms with Gasteiger partial charge in [-0.1, -0.05) is 30.0 Å². The smallest absolute Gasteiger partial charge is 0.287 e. The molecule has 30 heavy (non-hydrogen) atoms. The fraction of sp³-hybridized carbons (Fsp3) is 0.364. The number of carbonyl (C=O) groups excluding carboxylic acids is 1. The van der Waals surface area contributed by atoms with Crippen LogP contribution in [-0.2, 0) is 19.3 Å². The number of carbonyl (C=O) groups is 1. The van der Waals surface area contributed by atoms with Crippen LogP contribution in [0.3, 0.4) is 0 Å². The molecule has 1 saturated heterocycles. The third-order valence-electron chi connectivity index (χ3n) is 5.28. The average Bonchev–Trinajstić information content (AvgIpc) is 3.40. The van der Waals surface area contributed by atoms with Crippen LogP contribution in [0.15, 0.2) is 58.4 Å². The van der Waals surface area contributed by atoms with E-state index >= 15 is 0 Å². The van der Waals surface area contributed by atoms with Crippen molar-refractivity contribution in [1.29, 1.82) is 0 Å². The highest BCUT2D eigenvalue weighted by Crippen LogP contribution is 2.23. The Labute approximate surface area is 181 Å². The number of amides is 1. The van der Waals surface area contributed by atoms with E-state index in [0.29, 0.717) is 18.1 Å². The first-order chi connectivity index (χ1) is 14.6. The third kappa shape index (κ3) is 4.88. The first-order valence-corrected chi connectivity index (χ1v) is 11.1. The number of anilines is 1. The summed E-state index contributed by atoms with van der Waals surface area (Å²) in [6.45, 7) is 4.56. The maximum Gasteiger partial charge on any atom is 0.287 e. The summed E-state index contributed by atoms with van der Waals surface area (Å²) in [5.41, 5.74) is 2.31. The fourth-order valence-electron chi connectivity index (χ4n) is 3.48. The van der Waals surface area contributed by atoms with Crippen molar-refractivity contribution in [3.05, 3.63) is 65.9 Å². The van der Waals surface area contributed by atoms with E-state index in [-0.39, 0.29) is 5.91 Å². The Kier molecular flexibility index (Phi) is 6.44. The molecule has 7 nitrogen and oxygen atoms in total. The Balaban J connectivity index is 1.34. The molecule has 0 spiro atoms. The minimum absolute atomic E-state index is 0.198. The summed E-state index contributed by atoms with van der Waals surface area (Å²) in [5.74, 6) is 1.52. The van der Waals surface area contributed by atoms with Crippen LogP contribution in [0.4, 0.5) is 5.69 Å². The number of aryl methyl sites for hydroxylation is 1. The van der Waals surface area contributed by atoms with Crippen molar-refractivity contribution >= 4 is 23.4 Å². The lowest BCUT2D eigenvalue weighted by Gasteiger charge is -2.35. The number of aromatic nitrogens is 2. The van der Waals surface area contributed by atoms with Crippen LogP contribution in [0, 0.1) is 0 Å². The minimum atomic E-state index is -0.198. The molecule has 0 atom stereocenters. The quantitative estimate of drug-likeness (QED) is 0.587. The van der Waals surface area contributed by atoms with Gasteiger partial charge in [-0.3, -0.25) is 4.79 Å². The summed E-state index contributed by atoms with van der Waals surface area (Å²) in [6.07, 6.45) is 3.67. The van der Waals surface area contributed by atoms with Gasteiger partial charge < -0.3 is 24.1 Å². The van der Waals surface area contributed by atoms with Crippen LogP contribution in [0.2, 0.25) is 0 Å². The van der Waals surface area contributed by atoms with Crippen molar-refractivity contribution in [2.45, 2.75) is 17.5 Å².